The van der Waals surface area contributed by atoms with Gasteiger partial charge in [-0.15, -0.1) is 0 Å². The first kappa shape index (κ1) is 48.1. The molecular weight excluding hydrogens is 907 g/mol. The average Bonchev–Trinajstić information content (AvgIpc) is 3.27. The van der Waals surface area contributed by atoms with Crippen molar-refractivity contribution in [3.8, 4) is 0 Å². The van der Waals surface area contributed by atoms with Gasteiger partial charge >= 0.3 is 427 Å². The molecule has 3 aliphatic heterocycles. The summed E-state index contributed by atoms with van der Waals surface area (Å²) in [4.78, 5) is 8.09. The van der Waals surface area contributed by atoms with Crippen molar-refractivity contribution in [1.82, 2.24) is 0 Å². The zero-order valence-corrected chi connectivity index (χ0v) is 47.7. The summed E-state index contributed by atoms with van der Waals surface area (Å²) >= 11 is -4.14. The number of hydrogen-bond acceptors (Lipinski definition) is 3. The summed E-state index contributed by atoms with van der Waals surface area (Å²) in [5.41, 5.74) is 19.1. The second kappa shape index (κ2) is 15.7. The van der Waals surface area contributed by atoms with Crippen molar-refractivity contribution in [2.24, 2.45) is 0 Å². The first-order valence-electron chi connectivity index (χ1n) is 25.9. The molecule has 0 radical (unpaired) electrons. The van der Waals surface area contributed by atoms with Gasteiger partial charge in [-0.05, 0) is 0 Å². The van der Waals surface area contributed by atoms with Crippen LogP contribution < -0.4 is 32.3 Å². The van der Waals surface area contributed by atoms with Crippen LogP contribution in [0.15, 0.2) is 140 Å². The molecule has 0 bridgehead atoms. The molecule has 0 spiro atoms. The van der Waals surface area contributed by atoms with E-state index in [0.29, 0.717) is 0 Å². The molecule has 0 aromatic heterocycles. The van der Waals surface area contributed by atoms with Crippen molar-refractivity contribution in [3.05, 3.63) is 173 Å². The van der Waals surface area contributed by atoms with Gasteiger partial charge in [0.2, 0.25) is 0 Å². The van der Waals surface area contributed by atoms with Gasteiger partial charge in [0, 0.05) is 0 Å². The molecule has 7 aromatic carbocycles. The van der Waals surface area contributed by atoms with E-state index in [9.17, 15) is 0 Å². The molecule has 360 valence electrons. The van der Waals surface area contributed by atoms with E-state index in [2.05, 4.69) is 279 Å². The van der Waals surface area contributed by atoms with Crippen LogP contribution in [0.5, 0.6) is 0 Å². The third kappa shape index (κ3) is 7.58. The molecule has 0 aliphatic carbocycles. The summed E-state index contributed by atoms with van der Waals surface area (Å²) in [5.74, 6) is 0. The number of nitrogens with zero attached hydrogens (tertiary/aromatic N) is 3. The van der Waals surface area contributed by atoms with Crippen molar-refractivity contribution in [2.45, 2.75) is 157 Å². The predicted octanol–water partition coefficient (Wildman–Crippen LogP) is 16.2. The van der Waals surface area contributed by atoms with E-state index in [1.807, 2.05) is 0 Å². The molecule has 3 aliphatic rings. The normalized spacial score (nSPS) is 15.3. The van der Waals surface area contributed by atoms with E-state index in [-0.39, 0.29) is 32.5 Å². The summed E-state index contributed by atoms with van der Waals surface area (Å²) in [5, 5.41) is 0. The number of benzene rings is 7. The Morgan fingerprint density at radius 2 is 0.471 bits per heavy atom. The summed E-state index contributed by atoms with van der Waals surface area (Å²) < 4.78 is 6.00. The Morgan fingerprint density at radius 3 is 0.671 bits per heavy atom. The molecule has 0 amide bonds. The average molecular weight is 985 g/mol. The van der Waals surface area contributed by atoms with E-state index in [1.54, 1.807) is 0 Å². The van der Waals surface area contributed by atoms with Gasteiger partial charge in [-0.1, -0.05) is 0 Å². The Labute approximate surface area is 424 Å². The Kier molecular flexibility index (Phi) is 10.8. The van der Waals surface area contributed by atoms with Crippen LogP contribution in [0, 0.1) is 0 Å². The third-order valence-electron chi connectivity index (χ3n) is 15.6. The molecule has 0 fully saturated rings. The van der Waals surface area contributed by atoms with Crippen LogP contribution in [0.3, 0.4) is 0 Å². The topological polar surface area (TPSA) is 9.72 Å². The van der Waals surface area contributed by atoms with Crippen molar-refractivity contribution in [2.75, 3.05) is 14.7 Å². The fourth-order valence-electron chi connectivity index (χ4n) is 11.4. The van der Waals surface area contributed by atoms with Crippen LogP contribution in [0.1, 0.15) is 158 Å². The maximum atomic E-state index is 2.70. The van der Waals surface area contributed by atoms with Gasteiger partial charge < -0.3 is 0 Å². The fraction of sp³-hybridized carbons (Fsp3) is 0.364. The van der Waals surface area contributed by atoms with Crippen LogP contribution in [-0.4, -0.2) is 13.3 Å². The minimum absolute atomic E-state index is 0.0208. The number of anilines is 9. The van der Waals surface area contributed by atoms with Crippen LogP contribution >= 0.6 is 0 Å². The number of hydrogen-bond donors (Lipinski definition) is 0. The first-order chi connectivity index (χ1) is 32.5. The molecule has 0 saturated carbocycles. The summed E-state index contributed by atoms with van der Waals surface area (Å²) in [6.07, 6.45) is 0. The van der Waals surface area contributed by atoms with E-state index in [0.717, 1.165) is 0 Å². The quantitative estimate of drug-likeness (QED) is 0.163. The van der Waals surface area contributed by atoms with E-state index >= 15 is 0 Å². The van der Waals surface area contributed by atoms with Crippen molar-refractivity contribution >= 4 is 82.0 Å². The summed E-state index contributed by atoms with van der Waals surface area (Å²) in [6, 6.07) is 56.1. The van der Waals surface area contributed by atoms with Gasteiger partial charge in [-0.2, -0.15) is 0 Å². The predicted molar refractivity (Wildman–Crippen MR) is 307 cm³/mol. The zero-order valence-electron chi connectivity index (χ0n) is 45.6. The Balaban J connectivity index is 1.48. The van der Waals surface area contributed by atoms with Gasteiger partial charge in [-0.3, -0.25) is 0 Å². The molecule has 7 aromatic rings. The molecule has 0 saturated heterocycles. The van der Waals surface area contributed by atoms with Crippen LogP contribution in [0.2, 0.25) is 0 Å². The van der Waals surface area contributed by atoms with E-state index < -0.39 is 13.3 Å². The summed E-state index contributed by atoms with van der Waals surface area (Å²) in [7, 11) is 0. The molecule has 0 N–H and O–H groups in total. The Hall–Kier alpha value is -5.52. The Bertz CT molecular complexity index is 2780. The first-order valence-corrected chi connectivity index (χ1v) is 30.0. The molecule has 0 atom stereocenters. The van der Waals surface area contributed by atoms with Crippen LogP contribution in [0.25, 0.3) is 0 Å². The molecule has 10 rings (SSSR count). The van der Waals surface area contributed by atoms with Crippen molar-refractivity contribution in [1.29, 1.82) is 0 Å². The van der Waals surface area contributed by atoms with Crippen LogP contribution in [0.4, 0.5) is 51.2 Å². The van der Waals surface area contributed by atoms with Gasteiger partial charge in [0.25, 0.3) is 0 Å². The molecule has 4 heteroatoms. The fourth-order valence-corrected chi connectivity index (χ4v) is 23.4. The molecule has 70 heavy (non-hydrogen) atoms. The number of rotatable bonds is 4. The second-order valence-electron chi connectivity index (χ2n) is 26.9. The van der Waals surface area contributed by atoms with Gasteiger partial charge in [0.15, 0.2) is 0 Å². The SMILES string of the molecule is CC(C)(C)c1ccc(N2c3cc(C(C)(C)C)cc4[c]3[Ge]3([c]5ccccc5)[c]5c2cc(C(C)(C)C)cc5N(c2ccc(C(C)(C)C)cc2)c2cc(C(C)(C)C)cc([c]23)N4c2ccc(C(C)(C)C)cc2)cc1. The minimum atomic E-state index is -4.14. The van der Waals surface area contributed by atoms with Gasteiger partial charge in [-0.25, -0.2) is 0 Å². The standard InChI is InChI=1S/C66H77GeN3/c1-61(2,3)42-24-30-49(31-25-42)68-52-36-45(64(10,11)12)38-54-58(52)67(48-22-20-19-21-23-48)59-53(68)37-46(65(13,14)15)39-55(59)70(51-34-28-44(29-35-51)63(7,8)9)57-41-47(66(16,17)18)40-56(60(57)67)69(54)50-32-26-43(27-33-50)62(4,5)6/h19-41H,1-18H3. The zero-order chi connectivity index (χ0) is 50.5. The molecule has 3 nitrogen and oxygen atoms in total. The third-order valence-corrected chi connectivity index (χ3v) is 26.1. The van der Waals surface area contributed by atoms with Crippen molar-refractivity contribution in [3.63, 3.8) is 0 Å². The monoisotopic (exact) mass is 986 g/mol. The van der Waals surface area contributed by atoms with Gasteiger partial charge in [0.1, 0.15) is 0 Å². The molecule has 0 unspecified atom stereocenters. The summed E-state index contributed by atoms with van der Waals surface area (Å²) in [6.45, 7) is 42.4. The van der Waals surface area contributed by atoms with E-state index in [4.69, 9.17) is 0 Å². The Morgan fingerprint density at radius 1 is 0.257 bits per heavy atom. The molecular formula is C66H77GeN3. The van der Waals surface area contributed by atoms with Gasteiger partial charge in [0.05, 0.1) is 0 Å². The second-order valence-corrected chi connectivity index (χ2v) is 34.4. The molecule has 3 heterocycles. The van der Waals surface area contributed by atoms with E-state index in [1.165, 1.54) is 102 Å². The maximum absolute atomic E-state index is 4.14. The van der Waals surface area contributed by atoms with Crippen LogP contribution in [-0.2, 0) is 32.5 Å². The van der Waals surface area contributed by atoms with Crippen molar-refractivity contribution < 1.29 is 0 Å².